The highest BCUT2D eigenvalue weighted by molar-refractivity contribution is 5.95. The van der Waals surface area contributed by atoms with Crippen molar-refractivity contribution in [1.82, 2.24) is 9.47 Å². The Bertz CT molecular complexity index is 1330. The molecular weight excluding hydrogens is 440 g/mol. The number of aliphatic carboxylic acids is 1. The number of hydrogen-bond acceptors (Lipinski definition) is 3. The van der Waals surface area contributed by atoms with Gasteiger partial charge in [0, 0.05) is 42.9 Å². The highest BCUT2D eigenvalue weighted by atomic mass is 16.5. The van der Waals surface area contributed by atoms with Crippen molar-refractivity contribution in [1.29, 1.82) is 0 Å². The number of likely N-dealkylation sites (N-methyl/N-ethyl adjacent to an activating group) is 1. The maximum absolute atomic E-state index is 13.0. The van der Waals surface area contributed by atoms with Gasteiger partial charge in [-0.3, -0.25) is 4.79 Å². The molecule has 0 fully saturated rings. The van der Waals surface area contributed by atoms with Crippen molar-refractivity contribution in [2.24, 2.45) is 0 Å². The summed E-state index contributed by atoms with van der Waals surface area (Å²) < 4.78 is 7.84. The zero-order chi connectivity index (χ0) is 24.6. The monoisotopic (exact) mass is 468 g/mol. The number of nitrogens with zero attached hydrogens (tertiary/aromatic N) is 2. The predicted octanol–water partition coefficient (Wildman–Crippen LogP) is 5.02. The minimum absolute atomic E-state index is 0.0257. The molecule has 0 spiro atoms. The number of fused-ring (bicyclic) bond motifs is 1. The van der Waals surface area contributed by atoms with Crippen LogP contribution in [-0.2, 0) is 29.2 Å². The zero-order valence-corrected chi connectivity index (χ0v) is 19.6. The first kappa shape index (κ1) is 23.8. The van der Waals surface area contributed by atoms with Gasteiger partial charge >= 0.3 is 5.97 Å². The van der Waals surface area contributed by atoms with Crippen LogP contribution in [0.25, 0.3) is 17.0 Å². The lowest BCUT2D eigenvalue weighted by atomic mass is 10.1. The number of aromatic nitrogens is 1. The molecule has 1 heterocycles. The average molecular weight is 469 g/mol. The van der Waals surface area contributed by atoms with Crippen LogP contribution in [0.3, 0.4) is 0 Å². The second-order valence-corrected chi connectivity index (χ2v) is 8.39. The molecule has 35 heavy (non-hydrogen) atoms. The minimum atomic E-state index is -1.02. The summed E-state index contributed by atoms with van der Waals surface area (Å²) in [5.74, 6) is -0.369. The van der Waals surface area contributed by atoms with Crippen molar-refractivity contribution in [3.05, 3.63) is 108 Å². The number of carbonyl (C=O) groups is 2. The third kappa shape index (κ3) is 6.38. The van der Waals surface area contributed by atoms with Crippen LogP contribution in [-0.4, -0.2) is 40.0 Å². The molecule has 0 aliphatic heterocycles. The minimum Gasteiger partial charge on any atom is -0.489 e. The van der Waals surface area contributed by atoms with E-state index in [-0.39, 0.29) is 12.5 Å². The Balaban J connectivity index is 1.54. The number of benzene rings is 3. The van der Waals surface area contributed by atoms with Crippen molar-refractivity contribution in [3.8, 4) is 5.75 Å². The maximum atomic E-state index is 13.0. The number of carboxylic acid groups (broad SMARTS) is 1. The van der Waals surface area contributed by atoms with Gasteiger partial charge < -0.3 is 19.3 Å². The second-order valence-electron chi connectivity index (χ2n) is 8.39. The van der Waals surface area contributed by atoms with E-state index in [2.05, 4.69) is 12.1 Å². The highest BCUT2D eigenvalue weighted by Crippen LogP contribution is 2.27. The highest BCUT2D eigenvalue weighted by Gasteiger charge is 2.14. The van der Waals surface area contributed by atoms with E-state index in [1.807, 2.05) is 77.5 Å². The van der Waals surface area contributed by atoms with Crippen molar-refractivity contribution in [3.63, 3.8) is 0 Å². The van der Waals surface area contributed by atoms with Gasteiger partial charge in [-0.05, 0) is 35.8 Å². The van der Waals surface area contributed by atoms with Gasteiger partial charge in [0.05, 0.1) is 5.52 Å². The van der Waals surface area contributed by atoms with Crippen LogP contribution >= 0.6 is 0 Å². The summed E-state index contributed by atoms with van der Waals surface area (Å²) in [4.78, 5) is 25.8. The lowest BCUT2D eigenvalue weighted by Crippen LogP contribution is -2.31. The molecule has 4 aromatic rings. The van der Waals surface area contributed by atoms with E-state index in [9.17, 15) is 9.59 Å². The third-order valence-corrected chi connectivity index (χ3v) is 5.85. The van der Waals surface area contributed by atoms with Gasteiger partial charge in [-0.15, -0.1) is 0 Å². The van der Waals surface area contributed by atoms with E-state index >= 15 is 0 Å². The molecule has 1 amide bonds. The molecule has 4 rings (SSSR count). The number of carboxylic acids is 1. The van der Waals surface area contributed by atoms with Crippen LogP contribution in [0.5, 0.6) is 5.75 Å². The van der Waals surface area contributed by atoms with E-state index in [1.165, 1.54) is 5.56 Å². The molecule has 6 heteroatoms. The maximum Gasteiger partial charge on any atom is 0.328 e. The number of ether oxygens (including phenoxy) is 1. The molecule has 0 aliphatic rings. The fraction of sp³-hybridized carbons (Fsp3) is 0.172. The van der Waals surface area contributed by atoms with E-state index in [4.69, 9.17) is 9.84 Å². The van der Waals surface area contributed by atoms with Crippen molar-refractivity contribution in [2.45, 2.75) is 19.6 Å². The fourth-order valence-electron chi connectivity index (χ4n) is 3.89. The Morgan fingerprint density at radius 3 is 2.34 bits per heavy atom. The molecule has 3 aromatic carbocycles. The molecular formula is C29H28N2O4. The summed E-state index contributed by atoms with van der Waals surface area (Å²) in [6, 6.07) is 25.6. The number of rotatable bonds is 10. The molecule has 1 N–H and O–H groups in total. The summed E-state index contributed by atoms with van der Waals surface area (Å²) in [6.45, 7) is 1.18. The van der Waals surface area contributed by atoms with Gasteiger partial charge in [0.15, 0.2) is 0 Å². The first-order chi connectivity index (χ1) is 17.0. The second kappa shape index (κ2) is 11.2. The van der Waals surface area contributed by atoms with Crippen LogP contribution in [0, 0.1) is 0 Å². The van der Waals surface area contributed by atoms with Gasteiger partial charge in [-0.2, -0.15) is 0 Å². The Hall–Kier alpha value is -4.32. The molecule has 0 bridgehead atoms. The molecule has 0 aliphatic carbocycles. The molecule has 0 unspecified atom stereocenters. The smallest absolute Gasteiger partial charge is 0.328 e. The van der Waals surface area contributed by atoms with Gasteiger partial charge in [-0.25, -0.2) is 4.79 Å². The van der Waals surface area contributed by atoms with Crippen molar-refractivity contribution < 1.29 is 19.4 Å². The summed E-state index contributed by atoms with van der Waals surface area (Å²) in [5, 5.41) is 9.93. The van der Waals surface area contributed by atoms with Gasteiger partial charge in [0.1, 0.15) is 18.9 Å². The first-order valence-electron chi connectivity index (χ1n) is 11.5. The normalized spacial score (nSPS) is 11.1. The predicted molar refractivity (Wildman–Crippen MR) is 137 cm³/mol. The van der Waals surface area contributed by atoms with Crippen molar-refractivity contribution >= 4 is 28.9 Å². The Kier molecular flexibility index (Phi) is 7.63. The molecule has 6 nitrogen and oxygen atoms in total. The van der Waals surface area contributed by atoms with E-state index < -0.39 is 5.97 Å². The van der Waals surface area contributed by atoms with Crippen LogP contribution in [0.2, 0.25) is 0 Å². The van der Waals surface area contributed by atoms with Gasteiger partial charge in [0.25, 0.3) is 0 Å². The topological polar surface area (TPSA) is 71.8 Å². The van der Waals surface area contributed by atoms with E-state index in [1.54, 1.807) is 18.0 Å². The van der Waals surface area contributed by atoms with Crippen LogP contribution in [0.1, 0.15) is 16.7 Å². The Morgan fingerprint density at radius 2 is 1.66 bits per heavy atom. The van der Waals surface area contributed by atoms with Crippen molar-refractivity contribution in [2.75, 3.05) is 13.6 Å². The molecule has 1 aromatic heterocycles. The standard InChI is InChI=1S/C29H28N2O4/c1-30(17-16-22-8-4-2-5-9-22)28(32)20-31-19-24(12-15-29(33)34)26-14-13-25(18-27(26)31)35-21-23-10-6-3-7-11-23/h2-15,18-19H,16-17,20-21H2,1H3,(H,33,34)/b15-12+. The van der Waals surface area contributed by atoms with Crippen LogP contribution in [0.4, 0.5) is 0 Å². The summed E-state index contributed by atoms with van der Waals surface area (Å²) in [5.41, 5.74) is 3.78. The Morgan fingerprint density at radius 1 is 0.971 bits per heavy atom. The number of amides is 1. The molecule has 0 saturated carbocycles. The van der Waals surface area contributed by atoms with E-state index in [0.29, 0.717) is 18.9 Å². The van der Waals surface area contributed by atoms with Gasteiger partial charge in [0.2, 0.25) is 5.91 Å². The van der Waals surface area contributed by atoms with Crippen LogP contribution < -0.4 is 4.74 Å². The van der Waals surface area contributed by atoms with Crippen LogP contribution in [0.15, 0.2) is 91.1 Å². The van der Waals surface area contributed by atoms with Gasteiger partial charge in [-0.1, -0.05) is 60.7 Å². The summed E-state index contributed by atoms with van der Waals surface area (Å²) in [7, 11) is 1.80. The van der Waals surface area contributed by atoms with E-state index in [0.717, 1.165) is 34.5 Å². The SMILES string of the molecule is CN(CCc1ccccc1)C(=O)Cn1cc(/C=C/C(=O)O)c2ccc(OCc3ccccc3)cc21. The number of hydrogen-bond donors (Lipinski definition) is 1. The molecule has 178 valence electrons. The number of carbonyl (C=O) groups excluding carboxylic acids is 1. The lowest BCUT2D eigenvalue weighted by molar-refractivity contribution is -0.131. The molecule has 0 radical (unpaired) electrons. The first-order valence-corrected chi connectivity index (χ1v) is 11.5. The third-order valence-electron chi connectivity index (χ3n) is 5.85. The lowest BCUT2D eigenvalue weighted by Gasteiger charge is -2.18. The fourth-order valence-corrected chi connectivity index (χ4v) is 3.89. The summed E-state index contributed by atoms with van der Waals surface area (Å²) in [6.07, 6.45) is 5.25. The summed E-state index contributed by atoms with van der Waals surface area (Å²) >= 11 is 0. The Labute approximate surface area is 204 Å². The molecule has 0 atom stereocenters. The molecule has 0 saturated heterocycles. The average Bonchev–Trinajstić information content (AvgIpc) is 3.22. The largest absolute Gasteiger partial charge is 0.489 e. The quantitative estimate of drug-likeness (QED) is 0.332. The zero-order valence-electron chi connectivity index (χ0n) is 19.6.